The predicted molar refractivity (Wildman–Crippen MR) is 123 cm³/mol. The number of para-hydroxylation sites is 1. The Balaban J connectivity index is 1.62. The van der Waals surface area contributed by atoms with Gasteiger partial charge in [-0.2, -0.15) is 5.10 Å². The molecule has 158 valence electrons. The van der Waals surface area contributed by atoms with E-state index in [0.717, 1.165) is 0 Å². The highest BCUT2D eigenvalue weighted by Crippen LogP contribution is 2.36. The molecule has 7 nitrogen and oxygen atoms in total. The molecular formula is C23H20BrN3O4. The maximum Gasteiger partial charge on any atom is 0.271 e. The van der Waals surface area contributed by atoms with E-state index in [9.17, 15) is 9.59 Å². The number of carbonyl (C=O) groups excluding carboxylic acids is 2. The average Bonchev–Trinajstić information content (AvgIpc) is 2.79. The highest BCUT2D eigenvalue weighted by molar-refractivity contribution is 9.10. The van der Waals surface area contributed by atoms with Crippen LogP contribution < -0.4 is 20.2 Å². The molecule has 0 radical (unpaired) electrons. The van der Waals surface area contributed by atoms with Crippen molar-refractivity contribution in [3.8, 4) is 11.5 Å². The van der Waals surface area contributed by atoms with Crippen LogP contribution in [-0.4, -0.2) is 31.7 Å². The molecule has 3 rings (SSSR count). The standard InChI is InChI=1S/C23H20BrN3O4/c1-30-20-13-16(14-25-27-23(29)17-8-4-2-5-9-17)12-19(24)22(20)31-15-21(28)26-18-10-6-3-7-11-18/h2-14H,15H2,1H3,(H,26,28)(H,27,29)/b25-14+. The Morgan fingerprint density at radius 3 is 2.39 bits per heavy atom. The molecule has 0 bridgehead atoms. The summed E-state index contributed by atoms with van der Waals surface area (Å²) in [5, 5.41) is 6.73. The fourth-order valence-electron chi connectivity index (χ4n) is 2.63. The highest BCUT2D eigenvalue weighted by atomic mass is 79.9. The van der Waals surface area contributed by atoms with Gasteiger partial charge in [0.05, 0.1) is 17.8 Å². The van der Waals surface area contributed by atoms with E-state index < -0.39 is 0 Å². The Kier molecular flexibility index (Phi) is 7.78. The summed E-state index contributed by atoms with van der Waals surface area (Å²) < 4.78 is 11.6. The van der Waals surface area contributed by atoms with Crippen LogP contribution in [0.25, 0.3) is 0 Å². The lowest BCUT2D eigenvalue weighted by molar-refractivity contribution is -0.118. The molecule has 0 aliphatic carbocycles. The largest absolute Gasteiger partial charge is 0.493 e. The smallest absolute Gasteiger partial charge is 0.271 e. The second-order valence-corrected chi connectivity index (χ2v) is 7.16. The second kappa shape index (κ2) is 10.9. The van der Waals surface area contributed by atoms with Crippen LogP contribution in [0.4, 0.5) is 5.69 Å². The van der Waals surface area contributed by atoms with E-state index in [4.69, 9.17) is 9.47 Å². The van der Waals surface area contributed by atoms with Gasteiger partial charge in [-0.15, -0.1) is 0 Å². The first-order chi connectivity index (χ1) is 15.1. The van der Waals surface area contributed by atoms with Crippen LogP contribution in [0.2, 0.25) is 0 Å². The summed E-state index contributed by atoms with van der Waals surface area (Å²) in [6, 6.07) is 21.3. The summed E-state index contributed by atoms with van der Waals surface area (Å²) in [5.41, 5.74) is 4.33. The summed E-state index contributed by atoms with van der Waals surface area (Å²) in [7, 11) is 1.50. The van der Waals surface area contributed by atoms with Crippen LogP contribution in [0.1, 0.15) is 15.9 Å². The van der Waals surface area contributed by atoms with Crippen molar-refractivity contribution < 1.29 is 19.1 Å². The van der Waals surface area contributed by atoms with E-state index in [2.05, 4.69) is 31.8 Å². The molecular weight excluding hydrogens is 462 g/mol. The monoisotopic (exact) mass is 481 g/mol. The van der Waals surface area contributed by atoms with Crippen molar-refractivity contribution in [1.29, 1.82) is 0 Å². The molecule has 0 heterocycles. The summed E-state index contributed by atoms with van der Waals surface area (Å²) >= 11 is 3.43. The molecule has 0 unspecified atom stereocenters. The van der Waals surface area contributed by atoms with Gasteiger partial charge in [-0.25, -0.2) is 5.43 Å². The highest BCUT2D eigenvalue weighted by Gasteiger charge is 2.13. The van der Waals surface area contributed by atoms with E-state index in [-0.39, 0.29) is 18.4 Å². The zero-order chi connectivity index (χ0) is 22.1. The molecule has 0 spiro atoms. The fraction of sp³-hybridized carbons (Fsp3) is 0.0870. The van der Waals surface area contributed by atoms with E-state index in [1.807, 2.05) is 24.3 Å². The Bertz CT molecular complexity index is 1070. The summed E-state index contributed by atoms with van der Waals surface area (Å²) in [5.74, 6) is 0.190. The molecule has 31 heavy (non-hydrogen) atoms. The number of methoxy groups -OCH3 is 1. The van der Waals surface area contributed by atoms with Gasteiger partial charge in [0.25, 0.3) is 11.8 Å². The van der Waals surface area contributed by atoms with Gasteiger partial charge in [0.15, 0.2) is 18.1 Å². The van der Waals surface area contributed by atoms with E-state index in [0.29, 0.717) is 32.8 Å². The number of halogens is 1. The van der Waals surface area contributed by atoms with Crippen LogP contribution in [0, 0.1) is 0 Å². The zero-order valence-electron chi connectivity index (χ0n) is 16.7. The molecule has 0 atom stereocenters. The summed E-state index contributed by atoms with van der Waals surface area (Å²) in [6.07, 6.45) is 1.49. The third-order valence-corrected chi connectivity index (χ3v) is 4.66. The first-order valence-electron chi connectivity index (χ1n) is 9.30. The van der Waals surface area contributed by atoms with Crippen molar-refractivity contribution >= 4 is 39.6 Å². The molecule has 0 aliphatic rings. The first kappa shape index (κ1) is 22.0. The van der Waals surface area contributed by atoms with Gasteiger partial charge in [-0.1, -0.05) is 36.4 Å². The van der Waals surface area contributed by atoms with Crippen molar-refractivity contribution in [2.24, 2.45) is 5.10 Å². The summed E-state index contributed by atoms with van der Waals surface area (Å²) in [4.78, 5) is 24.2. The minimum Gasteiger partial charge on any atom is -0.493 e. The number of amides is 2. The molecule has 3 aromatic rings. The number of nitrogens with zero attached hydrogens (tertiary/aromatic N) is 1. The normalized spacial score (nSPS) is 10.5. The van der Waals surface area contributed by atoms with Gasteiger partial charge in [-0.05, 0) is 57.9 Å². The minimum absolute atomic E-state index is 0.190. The Morgan fingerprint density at radius 2 is 1.71 bits per heavy atom. The van der Waals surface area contributed by atoms with Crippen LogP contribution >= 0.6 is 15.9 Å². The zero-order valence-corrected chi connectivity index (χ0v) is 18.3. The van der Waals surface area contributed by atoms with E-state index >= 15 is 0 Å². The van der Waals surface area contributed by atoms with Gasteiger partial charge >= 0.3 is 0 Å². The Labute approximate surface area is 188 Å². The van der Waals surface area contributed by atoms with Crippen molar-refractivity contribution in [2.45, 2.75) is 0 Å². The molecule has 3 aromatic carbocycles. The number of nitrogens with one attached hydrogen (secondary N) is 2. The number of ether oxygens (including phenoxy) is 2. The molecule has 0 fully saturated rings. The predicted octanol–water partition coefficient (Wildman–Crippen LogP) is 4.24. The summed E-state index contributed by atoms with van der Waals surface area (Å²) in [6.45, 7) is -0.190. The number of rotatable bonds is 8. The molecule has 2 N–H and O–H groups in total. The van der Waals surface area contributed by atoms with Gasteiger partial charge in [-0.3, -0.25) is 9.59 Å². The van der Waals surface area contributed by atoms with E-state index in [1.165, 1.54) is 13.3 Å². The number of carbonyl (C=O) groups is 2. The van der Waals surface area contributed by atoms with Crippen LogP contribution in [0.15, 0.2) is 82.4 Å². The van der Waals surface area contributed by atoms with Crippen LogP contribution in [0.3, 0.4) is 0 Å². The maximum absolute atomic E-state index is 12.1. The molecule has 2 amide bonds. The van der Waals surface area contributed by atoms with Crippen molar-refractivity contribution in [3.05, 3.63) is 88.4 Å². The third-order valence-electron chi connectivity index (χ3n) is 4.07. The second-order valence-electron chi connectivity index (χ2n) is 6.30. The quantitative estimate of drug-likeness (QED) is 0.372. The lowest BCUT2D eigenvalue weighted by atomic mass is 10.2. The number of hydrogen-bond acceptors (Lipinski definition) is 5. The fourth-order valence-corrected chi connectivity index (χ4v) is 3.20. The SMILES string of the molecule is COc1cc(/C=N/NC(=O)c2ccccc2)cc(Br)c1OCC(=O)Nc1ccccc1. The first-order valence-corrected chi connectivity index (χ1v) is 10.1. The van der Waals surface area contributed by atoms with Crippen LogP contribution in [-0.2, 0) is 4.79 Å². The van der Waals surface area contributed by atoms with Gasteiger partial charge in [0, 0.05) is 11.3 Å². The molecule has 8 heteroatoms. The van der Waals surface area contributed by atoms with Crippen molar-refractivity contribution in [3.63, 3.8) is 0 Å². The van der Waals surface area contributed by atoms with Crippen molar-refractivity contribution in [2.75, 3.05) is 19.0 Å². The van der Waals surface area contributed by atoms with Gasteiger partial charge in [0.2, 0.25) is 0 Å². The molecule has 0 saturated heterocycles. The number of hydrogen-bond donors (Lipinski definition) is 2. The van der Waals surface area contributed by atoms with E-state index in [1.54, 1.807) is 48.5 Å². The number of benzene rings is 3. The minimum atomic E-state index is -0.313. The Hall–Kier alpha value is -3.65. The number of anilines is 1. The lowest BCUT2D eigenvalue weighted by Gasteiger charge is -2.13. The number of hydrazone groups is 1. The molecule has 0 saturated carbocycles. The topological polar surface area (TPSA) is 89.0 Å². The third kappa shape index (κ3) is 6.42. The van der Waals surface area contributed by atoms with Gasteiger partial charge in [0.1, 0.15) is 0 Å². The molecule has 0 aliphatic heterocycles. The van der Waals surface area contributed by atoms with Gasteiger partial charge < -0.3 is 14.8 Å². The average molecular weight is 482 g/mol. The van der Waals surface area contributed by atoms with Crippen molar-refractivity contribution in [1.82, 2.24) is 5.43 Å². The maximum atomic E-state index is 12.1. The Morgan fingerprint density at radius 1 is 1.03 bits per heavy atom. The molecule has 0 aromatic heterocycles. The van der Waals surface area contributed by atoms with Crippen LogP contribution in [0.5, 0.6) is 11.5 Å². The lowest BCUT2D eigenvalue weighted by Crippen LogP contribution is -2.20.